The van der Waals surface area contributed by atoms with Crippen molar-refractivity contribution in [2.24, 2.45) is 0 Å². The molecule has 0 radical (unpaired) electrons. The van der Waals surface area contributed by atoms with Gasteiger partial charge in [-0.25, -0.2) is 4.79 Å². The molecule has 2 heterocycles. The van der Waals surface area contributed by atoms with Gasteiger partial charge < -0.3 is 20.3 Å². The van der Waals surface area contributed by atoms with Crippen LogP contribution in [0.25, 0.3) is 0 Å². The molecule has 2 fully saturated rings. The van der Waals surface area contributed by atoms with Gasteiger partial charge in [-0.15, -0.1) is 11.8 Å². The topological polar surface area (TPSA) is 105 Å². The van der Waals surface area contributed by atoms with Crippen LogP contribution < -0.4 is 10.6 Å². The molecule has 2 aliphatic rings. The van der Waals surface area contributed by atoms with Crippen molar-refractivity contribution in [3.8, 4) is 0 Å². The minimum Gasteiger partial charge on any atom is -0.454 e. The van der Waals surface area contributed by atoms with Crippen molar-refractivity contribution in [2.75, 3.05) is 23.0 Å². The molecular formula is C18H21N3O5S. The van der Waals surface area contributed by atoms with E-state index in [0.29, 0.717) is 30.0 Å². The molecular weight excluding hydrogens is 370 g/mol. The largest absolute Gasteiger partial charge is 0.454 e. The molecule has 1 aromatic rings. The summed E-state index contributed by atoms with van der Waals surface area (Å²) in [6, 6.07) is 5.99. The van der Waals surface area contributed by atoms with E-state index in [-0.39, 0.29) is 16.7 Å². The predicted molar refractivity (Wildman–Crippen MR) is 101 cm³/mol. The number of anilines is 2. The van der Waals surface area contributed by atoms with Gasteiger partial charge in [0.15, 0.2) is 6.61 Å². The van der Waals surface area contributed by atoms with Crippen molar-refractivity contribution in [2.45, 2.75) is 37.6 Å². The van der Waals surface area contributed by atoms with Crippen LogP contribution in [0.1, 0.15) is 26.7 Å². The summed E-state index contributed by atoms with van der Waals surface area (Å²) in [6.45, 7) is 2.90. The second-order valence-corrected chi connectivity index (χ2v) is 8.18. The predicted octanol–water partition coefficient (Wildman–Crippen LogP) is 1.58. The first kappa shape index (κ1) is 19.2. The highest BCUT2D eigenvalue weighted by Gasteiger charge is 2.53. The van der Waals surface area contributed by atoms with Crippen molar-refractivity contribution < 1.29 is 23.9 Å². The first-order valence-corrected chi connectivity index (χ1v) is 9.57. The van der Waals surface area contributed by atoms with Crippen LogP contribution in [-0.4, -0.2) is 51.9 Å². The summed E-state index contributed by atoms with van der Waals surface area (Å²) in [4.78, 5) is 48.8. The smallest absolute Gasteiger partial charge is 0.330 e. The van der Waals surface area contributed by atoms with Crippen molar-refractivity contribution in [3.63, 3.8) is 0 Å². The Kier molecular flexibility index (Phi) is 5.41. The average Bonchev–Trinajstić information content (AvgIpc) is 3.09. The van der Waals surface area contributed by atoms with E-state index in [0.717, 1.165) is 0 Å². The summed E-state index contributed by atoms with van der Waals surface area (Å²) in [5.41, 5.74) is 1.02. The lowest BCUT2D eigenvalue weighted by Gasteiger charge is -2.29. The summed E-state index contributed by atoms with van der Waals surface area (Å²) in [5, 5.41) is 5.23. The molecule has 1 aromatic carbocycles. The molecule has 0 aliphatic carbocycles. The fourth-order valence-electron chi connectivity index (χ4n) is 3.30. The molecule has 0 saturated carbocycles. The van der Waals surface area contributed by atoms with E-state index in [1.54, 1.807) is 40.9 Å². The molecule has 3 amide bonds. The summed E-state index contributed by atoms with van der Waals surface area (Å²) < 4.78 is 5.13. The van der Waals surface area contributed by atoms with E-state index in [2.05, 4.69) is 10.6 Å². The van der Waals surface area contributed by atoms with Gasteiger partial charge in [-0.3, -0.25) is 14.4 Å². The van der Waals surface area contributed by atoms with Gasteiger partial charge in [-0.05, 0) is 31.5 Å². The van der Waals surface area contributed by atoms with Gasteiger partial charge in [-0.1, -0.05) is 6.07 Å². The Morgan fingerprint density at radius 2 is 2.00 bits per heavy atom. The van der Waals surface area contributed by atoms with Gasteiger partial charge >= 0.3 is 5.97 Å². The number of hydrogen-bond acceptors (Lipinski definition) is 6. The van der Waals surface area contributed by atoms with Crippen LogP contribution >= 0.6 is 11.8 Å². The highest BCUT2D eigenvalue weighted by atomic mass is 32.2. The third-order valence-corrected chi connectivity index (χ3v) is 6.03. The monoisotopic (exact) mass is 391 g/mol. The van der Waals surface area contributed by atoms with Crippen LogP contribution in [0.15, 0.2) is 24.3 Å². The second kappa shape index (κ2) is 7.59. The van der Waals surface area contributed by atoms with Gasteiger partial charge in [0.05, 0.1) is 4.87 Å². The number of nitrogens with zero attached hydrogens (tertiary/aromatic N) is 1. The zero-order valence-corrected chi connectivity index (χ0v) is 15.9. The number of esters is 1. The lowest BCUT2D eigenvalue weighted by molar-refractivity contribution is -0.155. The maximum Gasteiger partial charge on any atom is 0.330 e. The number of benzene rings is 1. The lowest BCUT2D eigenvalue weighted by Crippen LogP contribution is -2.47. The number of rotatable bonds is 5. The van der Waals surface area contributed by atoms with E-state index < -0.39 is 24.5 Å². The first-order chi connectivity index (χ1) is 12.8. The number of fused-ring (bicyclic) bond motifs is 1. The van der Waals surface area contributed by atoms with Gasteiger partial charge in [0.2, 0.25) is 11.8 Å². The lowest BCUT2D eigenvalue weighted by atomic mass is 10.2. The van der Waals surface area contributed by atoms with Gasteiger partial charge in [0.25, 0.3) is 5.91 Å². The molecule has 0 aromatic heterocycles. The number of hydrogen-bond donors (Lipinski definition) is 2. The summed E-state index contributed by atoms with van der Waals surface area (Å²) >= 11 is 1.57. The van der Waals surface area contributed by atoms with Crippen LogP contribution in [0.2, 0.25) is 0 Å². The summed E-state index contributed by atoms with van der Waals surface area (Å²) in [7, 11) is 0. The van der Waals surface area contributed by atoms with Crippen LogP contribution in [0, 0.1) is 0 Å². The number of nitrogens with one attached hydrogen (secondary N) is 2. The normalized spacial score (nSPS) is 23.7. The van der Waals surface area contributed by atoms with E-state index in [4.69, 9.17) is 4.74 Å². The summed E-state index contributed by atoms with van der Waals surface area (Å²) in [5.74, 6) is -0.858. The standard InChI is InChI=1S/C18H21N3O5S/c1-11(22)19-12-4-3-5-13(8-12)20-15(23)9-26-17(25)14-10-27-18(2)7-6-16(24)21(14)18/h3-5,8,14H,6-7,9-10H2,1-2H3,(H,19,22)(H,20,23)/t14-,18-/m1/s1. The zero-order valence-electron chi connectivity index (χ0n) is 15.1. The summed E-state index contributed by atoms with van der Waals surface area (Å²) in [6.07, 6.45) is 1.14. The number of carbonyl (C=O) groups excluding carboxylic acids is 4. The van der Waals surface area contributed by atoms with E-state index in [1.165, 1.54) is 6.92 Å². The Bertz CT molecular complexity index is 799. The maximum atomic E-state index is 12.4. The Labute approximate surface area is 161 Å². The van der Waals surface area contributed by atoms with Crippen LogP contribution in [-0.2, 0) is 23.9 Å². The van der Waals surface area contributed by atoms with Crippen molar-refractivity contribution in [3.05, 3.63) is 24.3 Å². The molecule has 0 spiro atoms. The molecule has 0 bridgehead atoms. The molecule has 2 aliphatic heterocycles. The number of ether oxygens (including phenoxy) is 1. The van der Waals surface area contributed by atoms with Crippen LogP contribution in [0.5, 0.6) is 0 Å². The van der Waals surface area contributed by atoms with Crippen molar-refractivity contribution in [1.29, 1.82) is 0 Å². The Hall–Kier alpha value is -2.55. The zero-order chi connectivity index (χ0) is 19.6. The SMILES string of the molecule is CC(=O)Nc1cccc(NC(=O)COC(=O)[C@H]2CS[C@]3(C)CCC(=O)N23)c1. The van der Waals surface area contributed by atoms with Gasteiger partial charge in [-0.2, -0.15) is 0 Å². The minimum absolute atomic E-state index is 0.0521. The molecule has 0 unspecified atom stereocenters. The third-order valence-electron chi connectivity index (χ3n) is 4.53. The van der Waals surface area contributed by atoms with Crippen LogP contribution in [0.3, 0.4) is 0 Å². The van der Waals surface area contributed by atoms with Crippen LogP contribution in [0.4, 0.5) is 11.4 Å². The highest BCUT2D eigenvalue weighted by Crippen LogP contribution is 2.47. The van der Waals surface area contributed by atoms with Crippen molar-refractivity contribution in [1.82, 2.24) is 4.90 Å². The average molecular weight is 391 g/mol. The Balaban J connectivity index is 1.53. The Morgan fingerprint density at radius 3 is 2.70 bits per heavy atom. The molecule has 8 nitrogen and oxygen atoms in total. The van der Waals surface area contributed by atoms with E-state index >= 15 is 0 Å². The number of amides is 3. The van der Waals surface area contributed by atoms with E-state index in [9.17, 15) is 19.2 Å². The van der Waals surface area contributed by atoms with E-state index in [1.807, 2.05) is 6.92 Å². The number of carbonyl (C=O) groups is 4. The number of thioether (sulfide) groups is 1. The maximum absolute atomic E-state index is 12.4. The Morgan fingerprint density at radius 1 is 1.30 bits per heavy atom. The molecule has 27 heavy (non-hydrogen) atoms. The third kappa shape index (κ3) is 4.24. The highest BCUT2D eigenvalue weighted by molar-refractivity contribution is 8.01. The fourth-order valence-corrected chi connectivity index (χ4v) is 4.72. The second-order valence-electron chi connectivity index (χ2n) is 6.68. The van der Waals surface area contributed by atoms with Crippen molar-refractivity contribution >= 4 is 46.8 Å². The molecule has 9 heteroatoms. The molecule has 3 rings (SSSR count). The quantitative estimate of drug-likeness (QED) is 0.739. The first-order valence-electron chi connectivity index (χ1n) is 8.59. The molecule has 2 atom stereocenters. The van der Waals surface area contributed by atoms with Gasteiger partial charge in [0.1, 0.15) is 6.04 Å². The minimum atomic E-state index is -0.647. The molecule has 2 saturated heterocycles. The molecule has 144 valence electrons. The fraction of sp³-hybridized carbons (Fsp3) is 0.444. The van der Waals surface area contributed by atoms with Gasteiger partial charge in [0, 0.05) is 30.5 Å². The molecule has 2 N–H and O–H groups in total.